The van der Waals surface area contributed by atoms with Crippen LogP contribution in [0.15, 0.2) is 29.3 Å². The summed E-state index contributed by atoms with van der Waals surface area (Å²) >= 11 is 0. The molecule has 0 aromatic heterocycles. The van der Waals surface area contributed by atoms with Gasteiger partial charge in [0, 0.05) is 34.4 Å². The Balaban J connectivity index is 0.00000484. The number of nitrogens with zero attached hydrogens (tertiary/aromatic N) is 1. The van der Waals surface area contributed by atoms with Gasteiger partial charge in [-0.15, -0.1) is 24.0 Å². The van der Waals surface area contributed by atoms with E-state index in [4.69, 9.17) is 0 Å². The predicted molar refractivity (Wildman–Crippen MR) is 112 cm³/mol. The van der Waals surface area contributed by atoms with Gasteiger partial charge in [-0.05, 0) is 45.7 Å². The molecule has 0 amide bonds. The van der Waals surface area contributed by atoms with Crippen molar-refractivity contribution in [3.63, 3.8) is 0 Å². The summed E-state index contributed by atoms with van der Waals surface area (Å²) in [5.41, 5.74) is 2.47. The van der Waals surface area contributed by atoms with Crippen molar-refractivity contribution in [2.24, 2.45) is 4.99 Å². The molecule has 2 N–H and O–H groups in total. The summed E-state index contributed by atoms with van der Waals surface area (Å²) in [7, 11) is -0.847. The monoisotopic (exact) mass is 451 g/mol. The molecule has 4 nitrogen and oxygen atoms in total. The quantitative estimate of drug-likeness (QED) is 0.397. The highest BCUT2D eigenvalue weighted by Crippen LogP contribution is 2.10. The molecule has 1 aromatic rings. The molecule has 1 unspecified atom stereocenters. The Hall–Kier alpha value is -0.630. The zero-order valence-corrected chi connectivity index (χ0v) is 18.0. The third-order valence-corrected chi connectivity index (χ3v) is 5.22. The van der Waals surface area contributed by atoms with Crippen LogP contribution in [0.3, 0.4) is 0 Å². The summed E-state index contributed by atoms with van der Waals surface area (Å²) in [5, 5.41) is 6.48. The Morgan fingerprint density at radius 2 is 1.87 bits per heavy atom. The molecule has 0 aliphatic heterocycles. The highest BCUT2D eigenvalue weighted by molar-refractivity contribution is 14.0. The molecule has 1 atom stereocenters. The van der Waals surface area contributed by atoms with E-state index in [-0.39, 0.29) is 28.7 Å². The lowest BCUT2D eigenvalue weighted by molar-refractivity contribution is 0.647. The third-order valence-electron chi connectivity index (χ3n) is 3.28. The molecule has 0 bridgehead atoms. The Morgan fingerprint density at radius 3 is 2.43 bits per heavy atom. The van der Waals surface area contributed by atoms with Crippen molar-refractivity contribution in [1.29, 1.82) is 0 Å². The van der Waals surface area contributed by atoms with Gasteiger partial charge in [0.05, 0.1) is 6.54 Å². The lowest BCUT2D eigenvalue weighted by Gasteiger charge is -2.18. The van der Waals surface area contributed by atoms with Gasteiger partial charge in [-0.3, -0.25) is 4.21 Å². The fraction of sp³-hybridized carbons (Fsp3) is 0.588. The van der Waals surface area contributed by atoms with Crippen LogP contribution in [0.1, 0.15) is 38.8 Å². The predicted octanol–water partition coefficient (Wildman–Crippen LogP) is 3.22. The molecule has 1 rings (SSSR count). The van der Waals surface area contributed by atoms with Gasteiger partial charge in [0.1, 0.15) is 0 Å². The fourth-order valence-electron chi connectivity index (χ4n) is 1.86. The summed E-state index contributed by atoms with van der Waals surface area (Å²) in [6, 6.07) is 8.26. The van der Waals surface area contributed by atoms with Crippen molar-refractivity contribution in [2.45, 2.75) is 45.9 Å². The van der Waals surface area contributed by atoms with Gasteiger partial charge < -0.3 is 10.6 Å². The van der Waals surface area contributed by atoms with Crippen LogP contribution in [0.5, 0.6) is 0 Å². The van der Waals surface area contributed by atoms with Crippen molar-refractivity contribution in [3.8, 4) is 0 Å². The Bertz CT molecular complexity index is 527. The van der Waals surface area contributed by atoms with Gasteiger partial charge in [-0.1, -0.05) is 24.3 Å². The van der Waals surface area contributed by atoms with Crippen molar-refractivity contribution in [1.82, 2.24) is 10.6 Å². The summed E-state index contributed by atoms with van der Waals surface area (Å²) < 4.78 is 11.9. The van der Waals surface area contributed by atoms with Gasteiger partial charge >= 0.3 is 0 Å². The number of aryl methyl sites for hydroxylation is 1. The van der Waals surface area contributed by atoms with Crippen molar-refractivity contribution >= 4 is 40.7 Å². The zero-order valence-electron chi connectivity index (χ0n) is 14.8. The molecule has 23 heavy (non-hydrogen) atoms. The summed E-state index contributed by atoms with van der Waals surface area (Å²) in [6.07, 6.45) is 0. The molecule has 0 heterocycles. The number of hydrogen-bond acceptors (Lipinski definition) is 2. The largest absolute Gasteiger partial charge is 0.357 e. The van der Waals surface area contributed by atoms with Gasteiger partial charge in [-0.2, -0.15) is 0 Å². The van der Waals surface area contributed by atoms with Gasteiger partial charge in [-0.25, -0.2) is 4.99 Å². The van der Waals surface area contributed by atoms with E-state index in [0.29, 0.717) is 18.8 Å². The summed E-state index contributed by atoms with van der Waals surface area (Å²) in [4.78, 5) is 4.60. The van der Waals surface area contributed by atoms with Gasteiger partial charge in [0.2, 0.25) is 0 Å². The first kappa shape index (κ1) is 22.4. The number of guanidine groups is 1. The van der Waals surface area contributed by atoms with E-state index in [1.54, 1.807) is 0 Å². The molecule has 132 valence electrons. The molecule has 0 aliphatic carbocycles. The molecule has 0 fully saturated rings. The average molecular weight is 451 g/mol. The molecule has 1 aromatic carbocycles. The smallest absolute Gasteiger partial charge is 0.191 e. The van der Waals surface area contributed by atoms with E-state index in [1.807, 2.05) is 39.8 Å². The van der Waals surface area contributed by atoms with Crippen LogP contribution >= 0.6 is 24.0 Å². The number of aliphatic imine (C=N–C) groups is 1. The Morgan fingerprint density at radius 1 is 1.22 bits per heavy atom. The third kappa shape index (κ3) is 8.69. The number of nitrogens with one attached hydrogen (secondary N) is 2. The minimum atomic E-state index is -0.847. The number of hydrogen-bond donors (Lipinski definition) is 2. The minimum absolute atomic E-state index is 0. The molecule has 0 aliphatic rings. The van der Waals surface area contributed by atoms with Crippen LogP contribution in [0, 0.1) is 6.92 Å². The van der Waals surface area contributed by atoms with E-state index in [2.05, 4.69) is 34.7 Å². The lowest BCUT2D eigenvalue weighted by Crippen LogP contribution is -2.40. The van der Waals surface area contributed by atoms with Crippen LogP contribution in [0.25, 0.3) is 0 Å². The normalized spacial score (nSPS) is 13.2. The molecule has 0 radical (unpaired) electrons. The number of rotatable bonds is 6. The highest BCUT2D eigenvalue weighted by atomic mass is 127. The molecular formula is C17H30IN3OS. The van der Waals surface area contributed by atoms with Crippen LogP contribution < -0.4 is 10.6 Å². The first-order valence-corrected chi connectivity index (χ1v) is 9.11. The van der Waals surface area contributed by atoms with E-state index < -0.39 is 10.8 Å². The average Bonchev–Trinajstić information content (AvgIpc) is 2.45. The number of benzene rings is 1. The summed E-state index contributed by atoms with van der Waals surface area (Å²) in [6.45, 7) is 12.2. The van der Waals surface area contributed by atoms with Crippen LogP contribution in [0.4, 0.5) is 0 Å². The SMILES string of the molecule is CCNC(=NCc1ccccc1C)NCCS(=O)C(C)(C)C.I. The molecule has 0 saturated heterocycles. The topological polar surface area (TPSA) is 53.5 Å². The van der Waals surface area contributed by atoms with Crippen LogP contribution in [-0.2, 0) is 17.3 Å². The van der Waals surface area contributed by atoms with Gasteiger partial charge in [0.15, 0.2) is 5.96 Å². The Labute approximate surface area is 160 Å². The summed E-state index contributed by atoms with van der Waals surface area (Å²) in [5.74, 6) is 1.40. The maximum atomic E-state index is 12.0. The first-order valence-electron chi connectivity index (χ1n) is 7.79. The van der Waals surface area contributed by atoms with Crippen LogP contribution in [0.2, 0.25) is 0 Å². The Kier molecular flexibility index (Phi) is 10.7. The van der Waals surface area contributed by atoms with E-state index in [0.717, 1.165) is 12.5 Å². The fourth-order valence-corrected chi connectivity index (χ4v) is 2.76. The minimum Gasteiger partial charge on any atom is -0.357 e. The molecule has 6 heteroatoms. The maximum Gasteiger partial charge on any atom is 0.191 e. The highest BCUT2D eigenvalue weighted by Gasteiger charge is 2.18. The first-order chi connectivity index (χ1) is 10.3. The maximum absolute atomic E-state index is 12.0. The standard InChI is InChI=1S/C17H29N3OS.HI/c1-6-18-16(19-11-12-22(21)17(3,4)5)20-13-15-10-8-7-9-14(15)2;/h7-10H,6,11-13H2,1-5H3,(H2,18,19,20);1H. The lowest BCUT2D eigenvalue weighted by atomic mass is 10.1. The van der Waals surface area contributed by atoms with Crippen molar-refractivity contribution in [3.05, 3.63) is 35.4 Å². The number of halogens is 1. The molecular weight excluding hydrogens is 421 g/mol. The van der Waals surface area contributed by atoms with E-state index in [1.165, 1.54) is 11.1 Å². The second-order valence-corrected chi connectivity index (χ2v) is 8.53. The molecule has 0 spiro atoms. The van der Waals surface area contributed by atoms with E-state index in [9.17, 15) is 4.21 Å². The second-order valence-electron chi connectivity index (χ2n) is 6.21. The van der Waals surface area contributed by atoms with Crippen LogP contribution in [-0.4, -0.2) is 33.8 Å². The van der Waals surface area contributed by atoms with Crippen molar-refractivity contribution < 1.29 is 4.21 Å². The van der Waals surface area contributed by atoms with E-state index >= 15 is 0 Å². The zero-order chi connectivity index (χ0) is 16.6. The molecule has 0 saturated carbocycles. The van der Waals surface area contributed by atoms with Crippen molar-refractivity contribution in [2.75, 3.05) is 18.8 Å². The second kappa shape index (κ2) is 11.0. The van der Waals surface area contributed by atoms with Gasteiger partial charge in [0.25, 0.3) is 0 Å².